The van der Waals surface area contributed by atoms with Gasteiger partial charge < -0.3 is 4.74 Å². The van der Waals surface area contributed by atoms with E-state index in [1.54, 1.807) is 38.1 Å². The Kier molecular flexibility index (Phi) is 5.85. The molecule has 0 spiro atoms. The van der Waals surface area contributed by atoms with Crippen molar-refractivity contribution in [2.24, 2.45) is 0 Å². The number of carbonyl (C=O) groups is 1. The lowest BCUT2D eigenvalue weighted by molar-refractivity contribution is 0.0505. The zero-order valence-electron chi connectivity index (χ0n) is 14.9. The number of benzene rings is 2. The number of anilines is 1. The van der Waals surface area contributed by atoms with Gasteiger partial charge in [0.15, 0.2) is 0 Å². The van der Waals surface area contributed by atoms with Crippen LogP contribution in [0, 0.1) is 20.8 Å². The zero-order valence-corrected chi connectivity index (χ0v) is 15.7. The molecule has 0 saturated carbocycles. The molecular formula is C19H23NO4S. The quantitative estimate of drug-likeness (QED) is 0.790. The fourth-order valence-electron chi connectivity index (χ4n) is 2.75. The van der Waals surface area contributed by atoms with Crippen molar-refractivity contribution < 1.29 is 17.9 Å². The van der Waals surface area contributed by atoms with Crippen LogP contribution in [0.4, 0.5) is 5.69 Å². The smallest absolute Gasteiger partial charge is 0.338 e. The maximum absolute atomic E-state index is 12.7. The van der Waals surface area contributed by atoms with E-state index in [-0.39, 0.29) is 4.90 Å². The van der Waals surface area contributed by atoms with Gasteiger partial charge in [-0.25, -0.2) is 13.2 Å². The molecule has 0 unspecified atom stereocenters. The first kappa shape index (κ1) is 19.0. The van der Waals surface area contributed by atoms with Gasteiger partial charge in [-0.3, -0.25) is 4.72 Å². The van der Waals surface area contributed by atoms with Crippen molar-refractivity contribution in [1.82, 2.24) is 0 Å². The molecule has 0 bridgehead atoms. The van der Waals surface area contributed by atoms with Crippen molar-refractivity contribution >= 4 is 21.7 Å². The van der Waals surface area contributed by atoms with Crippen molar-refractivity contribution in [2.75, 3.05) is 11.3 Å². The highest BCUT2D eigenvalue weighted by atomic mass is 32.2. The van der Waals surface area contributed by atoms with E-state index in [0.29, 0.717) is 29.0 Å². The predicted octanol–water partition coefficient (Wildman–Crippen LogP) is 3.98. The van der Waals surface area contributed by atoms with Crippen LogP contribution < -0.4 is 4.72 Å². The molecule has 0 radical (unpaired) electrons. The second-order valence-electron chi connectivity index (χ2n) is 6.05. The molecule has 0 atom stereocenters. The van der Waals surface area contributed by atoms with E-state index < -0.39 is 16.0 Å². The monoisotopic (exact) mass is 361 g/mol. The fraction of sp³-hybridized carbons (Fsp3) is 0.316. The molecule has 0 fully saturated rings. The van der Waals surface area contributed by atoms with Crippen LogP contribution in [0.1, 0.15) is 40.4 Å². The lowest BCUT2D eigenvalue weighted by atomic mass is 10.1. The van der Waals surface area contributed by atoms with Gasteiger partial charge in [0.1, 0.15) is 0 Å². The molecule has 25 heavy (non-hydrogen) atoms. The van der Waals surface area contributed by atoms with E-state index in [1.165, 1.54) is 0 Å². The van der Waals surface area contributed by atoms with Crippen molar-refractivity contribution in [1.29, 1.82) is 0 Å². The average Bonchev–Trinajstić information content (AvgIpc) is 2.51. The maximum atomic E-state index is 12.7. The summed E-state index contributed by atoms with van der Waals surface area (Å²) in [6, 6.07) is 9.89. The van der Waals surface area contributed by atoms with Crippen LogP contribution in [0.5, 0.6) is 0 Å². The number of hydrogen-bond donors (Lipinski definition) is 1. The Morgan fingerprint density at radius 3 is 2.12 bits per heavy atom. The first-order valence-corrected chi connectivity index (χ1v) is 9.60. The molecule has 2 aromatic carbocycles. The van der Waals surface area contributed by atoms with Crippen molar-refractivity contribution in [3.63, 3.8) is 0 Å². The zero-order chi connectivity index (χ0) is 18.6. The van der Waals surface area contributed by atoms with Crippen LogP contribution in [-0.2, 0) is 14.8 Å². The first-order chi connectivity index (χ1) is 11.7. The maximum Gasteiger partial charge on any atom is 0.338 e. The number of ether oxygens (including phenoxy) is 1. The Morgan fingerprint density at radius 1 is 1.04 bits per heavy atom. The Balaban J connectivity index is 2.23. The van der Waals surface area contributed by atoms with Gasteiger partial charge in [-0.05, 0) is 62.6 Å². The summed E-state index contributed by atoms with van der Waals surface area (Å²) < 4.78 is 33.0. The number of sulfonamides is 1. The highest BCUT2D eigenvalue weighted by Crippen LogP contribution is 2.24. The Labute approximate surface area is 149 Å². The fourth-order valence-corrected chi connectivity index (χ4v) is 4.26. The minimum Gasteiger partial charge on any atom is -0.462 e. The molecular weight excluding hydrogens is 338 g/mol. The van der Waals surface area contributed by atoms with Gasteiger partial charge in [-0.2, -0.15) is 0 Å². The van der Waals surface area contributed by atoms with Gasteiger partial charge in [0, 0.05) is 5.69 Å². The van der Waals surface area contributed by atoms with Crippen LogP contribution in [0.3, 0.4) is 0 Å². The van der Waals surface area contributed by atoms with Crippen LogP contribution in [0.25, 0.3) is 0 Å². The summed E-state index contributed by atoms with van der Waals surface area (Å²) in [5.41, 5.74) is 3.20. The van der Waals surface area contributed by atoms with Gasteiger partial charge in [0.05, 0.1) is 17.1 Å². The van der Waals surface area contributed by atoms with E-state index in [9.17, 15) is 13.2 Å². The van der Waals surface area contributed by atoms with Gasteiger partial charge in [-0.15, -0.1) is 0 Å². The van der Waals surface area contributed by atoms with Crippen LogP contribution in [0.15, 0.2) is 41.3 Å². The van der Waals surface area contributed by atoms with E-state index in [2.05, 4.69) is 4.72 Å². The number of carbonyl (C=O) groups excluding carboxylic acids is 1. The third kappa shape index (κ3) is 4.60. The Morgan fingerprint density at radius 2 is 1.60 bits per heavy atom. The molecule has 2 aromatic rings. The summed E-state index contributed by atoms with van der Waals surface area (Å²) in [6.45, 7) is 7.77. The van der Waals surface area contributed by atoms with Gasteiger partial charge in [0.25, 0.3) is 10.0 Å². The predicted molar refractivity (Wildman–Crippen MR) is 98.5 cm³/mol. The topological polar surface area (TPSA) is 72.5 Å². The highest BCUT2D eigenvalue weighted by Gasteiger charge is 2.20. The molecule has 0 aliphatic heterocycles. The number of rotatable bonds is 6. The molecule has 5 nitrogen and oxygen atoms in total. The van der Waals surface area contributed by atoms with Gasteiger partial charge >= 0.3 is 5.97 Å². The molecule has 0 amide bonds. The molecule has 2 rings (SSSR count). The average molecular weight is 361 g/mol. The summed E-state index contributed by atoms with van der Waals surface area (Å²) in [6.07, 6.45) is 0.749. The van der Waals surface area contributed by atoms with Gasteiger partial charge in [-0.1, -0.05) is 24.6 Å². The molecule has 0 saturated heterocycles. The number of esters is 1. The van der Waals surface area contributed by atoms with E-state index in [0.717, 1.165) is 12.0 Å². The van der Waals surface area contributed by atoms with Crippen LogP contribution in [0.2, 0.25) is 0 Å². The van der Waals surface area contributed by atoms with Crippen molar-refractivity contribution in [3.05, 3.63) is 58.7 Å². The molecule has 6 heteroatoms. The molecule has 0 aliphatic carbocycles. The summed E-state index contributed by atoms with van der Waals surface area (Å²) in [5, 5.41) is 0. The summed E-state index contributed by atoms with van der Waals surface area (Å²) in [7, 11) is -3.70. The van der Waals surface area contributed by atoms with E-state index >= 15 is 0 Å². The Hall–Kier alpha value is -2.34. The lowest BCUT2D eigenvalue weighted by Crippen LogP contribution is -2.16. The third-order valence-corrected chi connectivity index (χ3v) is 5.37. The number of aryl methyl sites for hydroxylation is 3. The molecule has 0 aromatic heterocycles. The number of hydrogen-bond acceptors (Lipinski definition) is 4. The van der Waals surface area contributed by atoms with E-state index in [4.69, 9.17) is 4.74 Å². The van der Waals surface area contributed by atoms with Crippen molar-refractivity contribution in [2.45, 2.75) is 39.0 Å². The third-order valence-electron chi connectivity index (χ3n) is 3.68. The van der Waals surface area contributed by atoms with E-state index in [1.807, 2.05) is 26.0 Å². The van der Waals surface area contributed by atoms with Gasteiger partial charge in [0.2, 0.25) is 0 Å². The highest BCUT2D eigenvalue weighted by molar-refractivity contribution is 7.92. The minimum absolute atomic E-state index is 0.282. The normalized spacial score (nSPS) is 11.2. The summed E-state index contributed by atoms with van der Waals surface area (Å²) in [5.74, 6) is -0.415. The standard InChI is InChI=1S/C19H23NO4S/c1-5-10-24-19(21)16-6-8-17(9-7-16)20-25(22,23)18-14(3)11-13(2)12-15(18)4/h6-9,11-12,20H,5,10H2,1-4H3. The molecule has 134 valence electrons. The molecule has 0 aliphatic rings. The summed E-state index contributed by atoms with van der Waals surface area (Å²) in [4.78, 5) is 12.1. The van der Waals surface area contributed by atoms with Crippen LogP contribution >= 0.6 is 0 Å². The SMILES string of the molecule is CCCOC(=O)c1ccc(NS(=O)(=O)c2c(C)cc(C)cc2C)cc1. The first-order valence-electron chi connectivity index (χ1n) is 8.12. The second-order valence-corrected chi connectivity index (χ2v) is 7.67. The second kappa shape index (κ2) is 7.70. The lowest BCUT2D eigenvalue weighted by Gasteiger charge is -2.14. The number of nitrogens with one attached hydrogen (secondary N) is 1. The minimum atomic E-state index is -3.70. The van der Waals surface area contributed by atoms with Crippen molar-refractivity contribution in [3.8, 4) is 0 Å². The largest absolute Gasteiger partial charge is 0.462 e. The summed E-state index contributed by atoms with van der Waals surface area (Å²) >= 11 is 0. The Bertz CT molecular complexity index is 848. The molecule has 0 heterocycles. The molecule has 1 N–H and O–H groups in total. The van der Waals surface area contributed by atoms with Crippen LogP contribution in [-0.4, -0.2) is 21.0 Å².